The van der Waals surface area contributed by atoms with Crippen LogP contribution in [0.4, 0.5) is 34.1 Å². The molecule has 0 saturated carbocycles. The van der Waals surface area contributed by atoms with E-state index in [0.717, 1.165) is 91.7 Å². The molecule has 468 valence electrons. The van der Waals surface area contributed by atoms with Gasteiger partial charge in [-0.3, -0.25) is 0 Å². The molecule has 17 aromatic rings. The van der Waals surface area contributed by atoms with E-state index in [1.165, 1.54) is 99.2 Å². The molecule has 4 heteroatoms. The molecule has 2 aliphatic carbocycles. The maximum atomic E-state index is 2.45. The van der Waals surface area contributed by atoms with E-state index in [-0.39, 0.29) is 5.41 Å². The molecule has 0 N–H and O–H groups in total. The van der Waals surface area contributed by atoms with Gasteiger partial charge in [-0.1, -0.05) is 232 Å². The molecule has 2 aromatic heterocycles. The van der Waals surface area contributed by atoms with Crippen LogP contribution in [0.1, 0.15) is 36.1 Å². The Labute approximate surface area is 577 Å². The van der Waals surface area contributed by atoms with Gasteiger partial charge in [-0.15, -0.1) is 0 Å². The number of anilines is 6. The van der Waals surface area contributed by atoms with Crippen LogP contribution in [0, 0.1) is 0 Å². The summed E-state index contributed by atoms with van der Waals surface area (Å²) in [7, 11) is 0. The number of hydrogen-bond donors (Lipinski definition) is 0. The first-order chi connectivity index (χ1) is 48.8. The van der Waals surface area contributed by atoms with Gasteiger partial charge in [-0.2, -0.15) is 0 Å². The van der Waals surface area contributed by atoms with Crippen LogP contribution in [-0.2, 0) is 18.3 Å². The predicted molar refractivity (Wildman–Crippen MR) is 417 cm³/mol. The fourth-order valence-corrected chi connectivity index (χ4v) is 16.1. The lowest BCUT2D eigenvalue weighted by molar-refractivity contribution is 0.660. The summed E-state index contributed by atoms with van der Waals surface area (Å²) in [5.41, 5.74) is 33.3. The van der Waals surface area contributed by atoms with E-state index >= 15 is 0 Å². The summed E-state index contributed by atoms with van der Waals surface area (Å²) in [4.78, 5) is 4.85. The van der Waals surface area contributed by atoms with Crippen molar-refractivity contribution >= 4 is 77.7 Å². The van der Waals surface area contributed by atoms with E-state index in [2.05, 4.69) is 385 Å². The zero-order valence-electron chi connectivity index (χ0n) is 55.2. The molecule has 2 heterocycles. The van der Waals surface area contributed by atoms with Crippen LogP contribution < -0.4 is 9.80 Å². The van der Waals surface area contributed by atoms with Crippen molar-refractivity contribution < 1.29 is 0 Å². The van der Waals surface area contributed by atoms with Gasteiger partial charge in [0.1, 0.15) is 0 Å². The molecule has 4 nitrogen and oxygen atoms in total. The quantitative estimate of drug-likeness (QED) is 0.114. The second kappa shape index (κ2) is 23.4. The number of benzene rings is 15. The zero-order valence-corrected chi connectivity index (χ0v) is 55.2. The topological polar surface area (TPSA) is 16.3 Å². The van der Waals surface area contributed by atoms with E-state index in [1.807, 2.05) is 0 Å². The van der Waals surface area contributed by atoms with Crippen LogP contribution in [-0.4, -0.2) is 9.13 Å². The third-order valence-electron chi connectivity index (χ3n) is 21.2. The highest BCUT2D eigenvalue weighted by Crippen LogP contribution is 2.51. The molecular formula is C95H68N4. The largest absolute Gasteiger partial charge is 0.310 e. The van der Waals surface area contributed by atoms with Gasteiger partial charge in [0.05, 0.1) is 22.1 Å². The van der Waals surface area contributed by atoms with Crippen LogP contribution in [0.15, 0.2) is 352 Å². The van der Waals surface area contributed by atoms with Crippen LogP contribution in [0.5, 0.6) is 0 Å². The molecule has 0 unspecified atom stereocenters. The van der Waals surface area contributed by atoms with Crippen molar-refractivity contribution in [1.82, 2.24) is 9.13 Å². The zero-order chi connectivity index (χ0) is 65.7. The second-order valence-electron chi connectivity index (χ2n) is 27.2. The Bertz CT molecular complexity index is 5870. The lowest BCUT2D eigenvalue weighted by Crippen LogP contribution is -2.16. The fraction of sp³-hybridized carbons (Fsp3) is 0.0526. The molecule has 0 saturated heterocycles. The lowest BCUT2D eigenvalue weighted by Gasteiger charge is -2.29. The van der Waals surface area contributed by atoms with Crippen molar-refractivity contribution in [2.45, 2.75) is 32.1 Å². The van der Waals surface area contributed by atoms with Gasteiger partial charge in [0.15, 0.2) is 0 Å². The highest BCUT2D eigenvalue weighted by Gasteiger charge is 2.36. The van der Waals surface area contributed by atoms with E-state index in [4.69, 9.17) is 0 Å². The number of para-hydroxylation sites is 4. The van der Waals surface area contributed by atoms with Crippen molar-refractivity contribution in [2.75, 3.05) is 9.80 Å². The molecule has 99 heavy (non-hydrogen) atoms. The van der Waals surface area contributed by atoms with Crippen LogP contribution >= 0.6 is 0 Å². The number of aromatic nitrogens is 2. The van der Waals surface area contributed by atoms with Gasteiger partial charge >= 0.3 is 0 Å². The highest BCUT2D eigenvalue weighted by molar-refractivity contribution is 6.11. The standard InChI is InChI=1S/C95H68N4/c1-95(2)89-28-14-9-23-83(89)84-54-53-80(62-90(84)95)97(77-44-35-65(36-45-77)63-19-5-3-6-20-63)78-50-41-69(42-51-78)74-56-73(60-82(61-74)99-93-31-17-12-26-87(93)88-27-13-18-32-94(88)99)68-39-48-76(49-40-68)96(79-52-43-66-33-34-70(66)57-79)75-46-37-67(38-47-75)72-55-71(64-21-7-4-8-22-64)58-81(59-72)98-91-29-15-10-24-85(91)86-25-11-16-30-92(86)98/h3-32,35-62H,33-34H2,1-2H3. The molecule has 15 aromatic carbocycles. The first kappa shape index (κ1) is 57.9. The molecule has 0 spiro atoms. The normalized spacial score (nSPS) is 12.7. The summed E-state index contributed by atoms with van der Waals surface area (Å²) in [5, 5.41) is 4.97. The predicted octanol–water partition coefficient (Wildman–Crippen LogP) is 25.6. The molecule has 2 aliphatic rings. The summed E-state index contributed by atoms with van der Waals surface area (Å²) in [6.07, 6.45) is 2.22. The highest BCUT2D eigenvalue weighted by atomic mass is 15.1. The molecule has 0 amide bonds. The number of hydrogen-bond acceptors (Lipinski definition) is 2. The third kappa shape index (κ3) is 9.89. The van der Waals surface area contributed by atoms with Crippen LogP contribution in [0.2, 0.25) is 0 Å². The second-order valence-corrected chi connectivity index (χ2v) is 27.2. The molecule has 0 radical (unpaired) electrons. The molecular weight excluding hydrogens is 1200 g/mol. The minimum Gasteiger partial charge on any atom is -0.310 e. The molecule has 0 fully saturated rings. The lowest BCUT2D eigenvalue weighted by atomic mass is 9.82. The van der Waals surface area contributed by atoms with Gasteiger partial charge in [0.2, 0.25) is 0 Å². The minimum absolute atomic E-state index is 0.150. The van der Waals surface area contributed by atoms with Crippen LogP contribution in [0.3, 0.4) is 0 Å². The van der Waals surface area contributed by atoms with Gasteiger partial charge in [-0.25, -0.2) is 0 Å². The van der Waals surface area contributed by atoms with Crippen LogP contribution in [0.25, 0.3) is 122 Å². The Morgan fingerprint density at radius 3 is 0.949 bits per heavy atom. The number of nitrogens with zero attached hydrogens (tertiary/aromatic N) is 4. The van der Waals surface area contributed by atoms with Gasteiger partial charge in [-0.05, 0) is 235 Å². The average Bonchev–Trinajstić information content (AvgIpc) is 1.60. The van der Waals surface area contributed by atoms with Crippen molar-refractivity contribution in [3.8, 4) is 78.1 Å². The Hall–Kier alpha value is -12.5. The molecule has 0 atom stereocenters. The minimum atomic E-state index is -0.150. The first-order valence-corrected chi connectivity index (χ1v) is 34.6. The SMILES string of the molecule is CC1(C)c2ccccc2-c2ccc(N(c3ccc(-c4ccccc4)cc3)c3ccc(-c4cc(-c5ccc(N(c6ccc(-c7cc(-c8ccccc8)cc(-n8c9ccccc9c9ccccc98)c7)cc6)c6ccc7c(c6)CC7)cc5)cc(-n5c6ccccc6c6ccccc65)c4)cc3)cc21. The summed E-state index contributed by atoms with van der Waals surface area (Å²) in [6, 6.07) is 131. The number of aryl methyl sites for hydroxylation is 2. The summed E-state index contributed by atoms with van der Waals surface area (Å²) >= 11 is 0. The van der Waals surface area contributed by atoms with Crippen molar-refractivity contribution in [2.24, 2.45) is 0 Å². The number of rotatable bonds is 13. The van der Waals surface area contributed by atoms with E-state index in [1.54, 1.807) is 0 Å². The van der Waals surface area contributed by atoms with E-state index in [0.29, 0.717) is 0 Å². The maximum absolute atomic E-state index is 2.45. The Balaban J connectivity index is 0.710. The summed E-state index contributed by atoms with van der Waals surface area (Å²) in [5.74, 6) is 0. The summed E-state index contributed by atoms with van der Waals surface area (Å²) < 4.78 is 4.89. The molecule has 19 rings (SSSR count). The van der Waals surface area contributed by atoms with Gasteiger partial charge in [0.25, 0.3) is 0 Å². The van der Waals surface area contributed by atoms with Crippen molar-refractivity contribution in [3.63, 3.8) is 0 Å². The van der Waals surface area contributed by atoms with E-state index < -0.39 is 0 Å². The number of fused-ring (bicyclic) bond motifs is 10. The molecule has 0 bridgehead atoms. The fourth-order valence-electron chi connectivity index (χ4n) is 16.1. The first-order valence-electron chi connectivity index (χ1n) is 34.6. The van der Waals surface area contributed by atoms with Crippen molar-refractivity contribution in [3.05, 3.63) is 374 Å². The monoisotopic (exact) mass is 1260 g/mol. The average molecular weight is 1270 g/mol. The van der Waals surface area contributed by atoms with Gasteiger partial charge in [0, 0.05) is 72.5 Å². The Kier molecular flexibility index (Phi) is 13.7. The smallest absolute Gasteiger partial charge is 0.0541 e. The molecule has 0 aliphatic heterocycles. The summed E-state index contributed by atoms with van der Waals surface area (Å²) in [6.45, 7) is 4.73. The van der Waals surface area contributed by atoms with E-state index in [9.17, 15) is 0 Å². The maximum Gasteiger partial charge on any atom is 0.0541 e. The van der Waals surface area contributed by atoms with Gasteiger partial charge < -0.3 is 18.9 Å². The third-order valence-corrected chi connectivity index (χ3v) is 21.2. The van der Waals surface area contributed by atoms with Crippen molar-refractivity contribution in [1.29, 1.82) is 0 Å². The Morgan fingerprint density at radius 1 is 0.232 bits per heavy atom. The Morgan fingerprint density at radius 2 is 0.545 bits per heavy atom.